The summed E-state index contributed by atoms with van der Waals surface area (Å²) >= 11 is 13.1. The van der Waals surface area contributed by atoms with E-state index >= 15 is 0 Å². The van der Waals surface area contributed by atoms with Gasteiger partial charge in [0.05, 0.1) is 13.4 Å². The molecule has 1 aromatic rings. The van der Waals surface area contributed by atoms with Crippen LogP contribution in [0.5, 0.6) is 5.75 Å². The first-order chi connectivity index (χ1) is 9.33. The Morgan fingerprint density at radius 3 is 2.15 bits per heavy atom. The number of carbonyl (C=O) groups excluding carboxylic acids is 1. The largest absolute Gasteiger partial charge is 0.506 e. The second-order valence-corrected chi connectivity index (χ2v) is 7.73. The van der Waals surface area contributed by atoms with Crippen LogP contribution in [0.2, 0.25) is 0 Å². The molecule has 1 N–H and O–H groups in total. The van der Waals surface area contributed by atoms with Crippen LogP contribution in [0.3, 0.4) is 0 Å². The standard InChI is InChI=1S/C14H10Br4O2/c1-8(15)2-9(4-11(16)7-19)3-10-5-12(17)14(20)13(18)6-10/h2-7,20H,1H3/b8-2+,9-3+,11-4+. The highest BCUT2D eigenvalue weighted by Gasteiger charge is 2.05. The Bertz CT molecular complexity index is 589. The van der Waals surface area contributed by atoms with Crippen molar-refractivity contribution in [2.45, 2.75) is 6.92 Å². The second kappa shape index (κ2) is 8.32. The summed E-state index contributed by atoms with van der Waals surface area (Å²) in [4.78, 5) is 10.7. The van der Waals surface area contributed by atoms with Gasteiger partial charge in [-0.15, -0.1) is 0 Å². The first-order valence-corrected chi connectivity index (χ1v) is 8.56. The van der Waals surface area contributed by atoms with Crippen molar-refractivity contribution in [3.05, 3.63) is 53.3 Å². The molecule has 106 valence electrons. The molecule has 20 heavy (non-hydrogen) atoms. The van der Waals surface area contributed by atoms with E-state index in [1.165, 1.54) is 0 Å². The highest BCUT2D eigenvalue weighted by molar-refractivity contribution is 9.12. The van der Waals surface area contributed by atoms with Crippen molar-refractivity contribution in [1.29, 1.82) is 0 Å². The molecule has 0 aliphatic heterocycles. The van der Waals surface area contributed by atoms with Crippen LogP contribution in [0.25, 0.3) is 6.08 Å². The number of benzene rings is 1. The highest BCUT2D eigenvalue weighted by Crippen LogP contribution is 2.34. The molecule has 2 nitrogen and oxygen atoms in total. The average Bonchev–Trinajstić information content (AvgIpc) is 2.34. The fourth-order valence-electron chi connectivity index (χ4n) is 1.41. The van der Waals surface area contributed by atoms with Gasteiger partial charge >= 0.3 is 0 Å². The zero-order chi connectivity index (χ0) is 15.3. The smallest absolute Gasteiger partial charge is 0.157 e. The summed E-state index contributed by atoms with van der Waals surface area (Å²) in [6.07, 6.45) is 6.23. The minimum Gasteiger partial charge on any atom is -0.506 e. The zero-order valence-electron chi connectivity index (χ0n) is 10.3. The number of hydrogen-bond donors (Lipinski definition) is 1. The predicted molar refractivity (Wildman–Crippen MR) is 97.2 cm³/mol. The molecule has 0 fully saturated rings. The van der Waals surface area contributed by atoms with Crippen molar-refractivity contribution < 1.29 is 9.90 Å². The maximum atomic E-state index is 10.7. The van der Waals surface area contributed by atoms with Crippen molar-refractivity contribution in [3.8, 4) is 5.75 Å². The van der Waals surface area contributed by atoms with E-state index in [0.29, 0.717) is 13.4 Å². The first-order valence-electron chi connectivity index (χ1n) is 5.39. The number of allylic oxidation sites excluding steroid dienone is 5. The normalized spacial score (nSPS) is 13.6. The number of carbonyl (C=O) groups is 1. The number of rotatable bonds is 4. The molecule has 6 heteroatoms. The van der Waals surface area contributed by atoms with Crippen LogP contribution >= 0.6 is 63.7 Å². The molecule has 0 unspecified atom stereocenters. The van der Waals surface area contributed by atoms with E-state index in [9.17, 15) is 9.90 Å². The molecule has 0 aliphatic carbocycles. The quantitative estimate of drug-likeness (QED) is 0.292. The van der Waals surface area contributed by atoms with Crippen LogP contribution in [0.4, 0.5) is 0 Å². The molecule has 1 rings (SSSR count). The van der Waals surface area contributed by atoms with Gasteiger partial charge in [0, 0.05) is 0 Å². The van der Waals surface area contributed by atoms with E-state index in [1.54, 1.807) is 18.2 Å². The van der Waals surface area contributed by atoms with Crippen LogP contribution in [-0.2, 0) is 4.79 Å². The molecule has 1 aromatic carbocycles. The van der Waals surface area contributed by atoms with Crippen LogP contribution in [0.1, 0.15) is 12.5 Å². The van der Waals surface area contributed by atoms with E-state index in [0.717, 1.165) is 21.9 Å². The molecule has 0 radical (unpaired) electrons. The summed E-state index contributed by atoms with van der Waals surface area (Å²) in [5, 5.41) is 9.69. The fourth-order valence-corrected chi connectivity index (χ4v) is 3.16. The van der Waals surface area contributed by atoms with Crippen molar-refractivity contribution in [2.75, 3.05) is 0 Å². The van der Waals surface area contributed by atoms with Crippen molar-refractivity contribution in [1.82, 2.24) is 0 Å². The third kappa shape index (κ3) is 5.68. The molecule has 0 saturated carbocycles. The molecule has 0 heterocycles. The molecule has 0 spiro atoms. The van der Waals surface area contributed by atoms with Gasteiger partial charge in [0.2, 0.25) is 0 Å². The lowest BCUT2D eigenvalue weighted by Gasteiger charge is -2.04. The van der Waals surface area contributed by atoms with Gasteiger partial charge in [-0.1, -0.05) is 15.9 Å². The molecule has 0 bridgehead atoms. The number of hydrogen-bond acceptors (Lipinski definition) is 2. The van der Waals surface area contributed by atoms with Crippen LogP contribution in [-0.4, -0.2) is 11.4 Å². The lowest BCUT2D eigenvalue weighted by atomic mass is 10.1. The lowest BCUT2D eigenvalue weighted by Crippen LogP contribution is -1.82. The van der Waals surface area contributed by atoms with E-state index in [-0.39, 0.29) is 5.75 Å². The van der Waals surface area contributed by atoms with Gasteiger partial charge in [-0.3, -0.25) is 4.79 Å². The molecule has 0 saturated heterocycles. The monoisotopic (exact) mass is 526 g/mol. The molecular weight excluding hydrogens is 520 g/mol. The predicted octanol–water partition coefficient (Wildman–Crippen LogP) is 6.08. The summed E-state index contributed by atoms with van der Waals surface area (Å²) in [6.45, 7) is 1.90. The van der Waals surface area contributed by atoms with Gasteiger partial charge < -0.3 is 5.11 Å². The van der Waals surface area contributed by atoms with Gasteiger partial charge in [-0.2, -0.15) is 0 Å². The van der Waals surface area contributed by atoms with E-state index < -0.39 is 0 Å². The Morgan fingerprint density at radius 2 is 1.70 bits per heavy atom. The molecule has 0 atom stereocenters. The third-order valence-electron chi connectivity index (χ3n) is 2.16. The third-order valence-corrected chi connectivity index (χ3v) is 4.01. The van der Waals surface area contributed by atoms with Crippen molar-refractivity contribution in [2.24, 2.45) is 0 Å². The van der Waals surface area contributed by atoms with Crippen LogP contribution in [0.15, 0.2) is 47.8 Å². The van der Waals surface area contributed by atoms with Gasteiger partial charge in [0.15, 0.2) is 6.29 Å². The number of aromatic hydroxyl groups is 1. The average molecular weight is 530 g/mol. The maximum absolute atomic E-state index is 10.7. The van der Waals surface area contributed by atoms with Gasteiger partial charge in [0.1, 0.15) is 5.75 Å². The minimum atomic E-state index is 0.153. The second-order valence-electron chi connectivity index (χ2n) is 3.86. The molecular formula is C14H10Br4O2. The van der Waals surface area contributed by atoms with Gasteiger partial charge in [-0.05, 0) is 101 Å². The summed E-state index contributed by atoms with van der Waals surface area (Å²) in [5.74, 6) is 0.153. The topological polar surface area (TPSA) is 37.3 Å². The summed E-state index contributed by atoms with van der Waals surface area (Å²) in [5.41, 5.74) is 1.71. The molecule has 0 amide bonds. The molecule has 0 aliphatic rings. The molecule has 0 aromatic heterocycles. The fraction of sp³-hybridized carbons (Fsp3) is 0.0714. The number of phenols is 1. The Kier molecular flexibility index (Phi) is 7.43. The maximum Gasteiger partial charge on any atom is 0.157 e. The summed E-state index contributed by atoms with van der Waals surface area (Å²) in [6, 6.07) is 3.58. The van der Waals surface area contributed by atoms with Crippen LogP contribution < -0.4 is 0 Å². The van der Waals surface area contributed by atoms with Gasteiger partial charge in [0.25, 0.3) is 0 Å². The van der Waals surface area contributed by atoms with Crippen LogP contribution in [0, 0.1) is 0 Å². The Hall–Kier alpha value is -0.170. The van der Waals surface area contributed by atoms with E-state index in [1.807, 2.05) is 19.1 Å². The zero-order valence-corrected chi connectivity index (χ0v) is 16.7. The Morgan fingerprint density at radius 1 is 1.15 bits per heavy atom. The lowest BCUT2D eigenvalue weighted by molar-refractivity contribution is -0.104. The number of aldehydes is 1. The van der Waals surface area contributed by atoms with E-state index in [2.05, 4.69) is 63.7 Å². The van der Waals surface area contributed by atoms with Crippen molar-refractivity contribution in [3.63, 3.8) is 0 Å². The Balaban J connectivity index is 3.33. The summed E-state index contributed by atoms with van der Waals surface area (Å²) < 4.78 is 2.57. The van der Waals surface area contributed by atoms with Crippen molar-refractivity contribution >= 4 is 76.1 Å². The van der Waals surface area contributed by atoms with Gasteiger partial charge in [-0.25, -0.2) is 0 Å². The number of halogens is 4. The minimum absolute atomic E-state index is 0.153. The Labute approximate surface area is 151 Å². The number of phenolic OH excluding ortho intramolecular Hbond substituents is 1. The first kappa shape index (κ1) is 17.9. The highest BCUT2D eigenvalue weighted by atomic mass is 79.9. The summed E-state index contributed by atoms with van der Waals surface area (Å²) in [7, 11) is 0. The SMILES string of the molecule is C\C(Br)=C/C(/C=C(/Br)C=O)=C\c1cc(Br)c(O)c(Br)c1. The van der Waals surface area contributed by atoms with E-state index in [4.69, 9.17) is 0 Å².